The molecule has 2 N–H and O–H groups in total. The molecule has 1 rings (SSSR count). The number of carbonyl (C=O) groups is 2. The first kappa shape index (κ1) is 17.9. The number of benzene rings is 1. The molecule has 22 heavy (non-hydrogen) atoms. The predicted octanol–water partition coefficient (Wildman–Crippen LogP) is 2.44. The van der Waals surface area contributed by atoms with Crippen LogP contribution in [0.5, 0.6) is 0 Å². The van der Waals surface area contributed by atoms with E-state index in [1.165, 1.54) is 6.08 Å². The molecule has 0 atom stereocenters. The molecular formula is C17H23NO4. The van der Waals surface area contributed by atoms with Crippen molar-refractivity contribution in [2.75, 3.05) is 13.2 Å². The Hall–Kier alpha value is -2.14. The highest BCUT2D eigenvalue weighted by atomic mass is 16.6. The van der Waals surface area contributed by atoms with Gasteiger partial charge in [0, 0.05) is 6.54 Å². The van der Waals surface area contributed by atoms with Gasteiger partial charge in [0.2, 0.25) is 0 Å². The van der Waals surface area contributed by atoms with Crippen LogP contribution in [0, 0.1) is 0 Å². The van der Waals surface area contributed by atoms with Crippen molar-refractivity contribution in [3.8, 4) is 0 Å². The number of esters is 2. The first-order valence-corrected chi connectivity index (χ1v) is 7.47. The Balaban J connectivity index is 3.09. The van der Waals surface area contributed by atoms with E-state index in [-0.39, 0.29) is 18.8 Å². The van der Waals surface area contributed by atoms with Gasteiger partial charge >= 0.3 is 11.9 Å². The highest BCUT2D eigenvalue weighted by Gasteiger charge is 2.21. The highest BCUT2D eigenvalue weighted by molar-refractivity contribution is 6.17. The molecular weight excluding hydrogens is 282 g/mol. The summed E-state index contributed by atoms with van der Waals surface area (Å²) in [6, 6.07) is 7.31. The number of hydrogen-bond acceptors (Lipinski definition) is 5. The lowest BCUT2D eigenvalue weighted by Gasteiger charge is -2.09. The summed E-state index contributed by atoms with van der Waals surface area (Å²) in [5.74, 6) is -1.34. The molecule has 5 heteroatoms. The molecule has 0 aliphatic heterocycles. The van der Waals surface area contributed by atoms with E-state index in [2.05, 4.69) is 0 Å². The summed E-state index contributed by atoms with van der Waals surface area (Å²) in [4.78, 5) is 24.2. The molecule has 0 bridgehead atoms. The summed E-state index contributed by atoms with van der Waals surface area (Å²) in [6.07, 6.45) is 2.85. The molecule has 1 aromatic carbocycles. The number of nitrogens with two attached hydrogens (primary N) is 1. The van der Waals surface area contributed by atoms with Gasteiger partial charge in [-0.25, -0.2) is 9.59 Å². The fourth-order valence-electron chi connectivity index (χ4n) is 1.76. The van der Waals surface area contributed by atoms with Gasteiger partial charge in [0.05, 0.1) is 13.2 Å². The first-order chi connectivity index (χ1) is 10.6. The average molecular weight is 305 g/mol. The predicted molar refractivity (Wildman–Crippen MR) is 84.8 cm³/mol. The molecule has 5 nitrogen and oxygen atoms in total. The Morgan fingerprint density at radius 3 is 2.09 bits per heavy atom. The van der Waals surface area contributed by atoms with Crippen LogP contribution in [0.1, 0.15) is 37.8 Å². The van der Waals surface area contributed by atoms with Crippen molar-refractivity contribution in [2.45, 2.75) is 33.2 Å². The van der Waals surface area contributed by atoms with Crippen molar-refractivity contribution < 1.29 is 19.1 Å². The van der Waals surface area contributed by atoms with Crippen molar-refractivity contribution in [1.82, 2.24) is 0 Å². The highest BCUT2D eigenvalue weighted by Crippen LogP contribution is 2.15. The summed E-state index contributed by atoms with van der Waals surface area (Å²) in [5.41, 5.74) is 7.12. The maximum absolute atomic E-state index is 12.1. The zero-order valence-electron chi connectivity index (χ0n) is 13.1. The third-order valence-corrected chi connectivity index (χ3v) is 2.89. The fraction of sp³-hybridized carbons (Fsp3) is 0.412. The molecule has 0 amide bonds. The molecule has 0 aliphatic rings. The minimum absolute atomic E-state index is 0.109. The van der Waals surface area contributed by atoms with Gasteiger partial charge in [-0.05, 0) is 30.0 Å². The second kappa shape index (κ2) is 9.73. The van der Waals surface area contributed by atoms with Crippen LogP contribution < -0.4 is 5.73 Å². The van der Waals surface area contributed by atoms with Gasteiger partial charge in [0.25, 0.3) is 0 Å². The van der Waals surface area contributed by atoms with Crippen molar-refractivity contribution in [3.05, 3.63) is 41.0 Å². The van der Waals surface area contributed by atoms with Gasteiger partial charge in [-0.2, -0.15) is 0 Å². The van der Waals surface area contributed by atoms with Gasteiger partial charge < -0.3 is 15.2 Å². The quantitative estimate of drug-likeness (QED) is 0.345. The van der Waals surface area contributed by atoms with E-state index in [0.29, 0.717) is 24.9 Å². The van der Waals surface area contributed by atoms with Crippen LogP contribution in [0.4, 0.5) is 0 Å². The van der Waals surface area contributed by atoms with Crippen molar-refractivity contribution in [3.63, 3.8) is 0 Å². The summed E-state index contributed by atoms with van der Waals surface area (Å²) in [5, 5.41) is 0. The molecule has 1 aromatic rings. The summed E-state index contributed by atoms with van der Waals surface area (Å²) in [6.45, 7) is 4.60. The van der Waals surface area contributed by atoms with Crippen LogP contribution in [-0.2, 0) is 25.6 Å². The van der Waals surface area contributed by atoms with Crippen molar-refractivity contribution in [1.29, 1.82) is 0 Å². The molecule has 0 aromatic heterocycles. The third kappa shape index (κ3) is 5.33. The lowest BCUT2D eigenvalue weighted by molar-refractivity contribution is -0.147. The van der Waals surface area contributed by atoms with E-state index in [1.54, 1.807) is 6.07 Å². The van der Waals surface area contributed by atoms with Crippen molar-refractivity contribution in [2.24, 2.45) is 5.73 Å². The number of rotatable bonds is 8. The SMILES string of the molecule is CCCOC(=O)C(=Cc1ccccc1CN)C(=O)OCCC. The molecule has 0 saturated carbocycles. The van der Waals surface area contributed by atoms with Crippen LogP contribution in [0.2, 0.25) is 0 Å². The van der Waals surface area contributed by atoms with E-state index >= 15 is 0 Å². The average Bonchev–Trinajstić information content (AvgIpc) is 2.55. The number of ether oxygens (including phenoxy) is 2. The summed E-state index contributed by atoms with van der Waals surface area (Å²) >= 11 is 0. The number of carbonyl (C=O) groups excluding carboxylic acids is 2. The van der Waals surface area contributed by atoms with Gasteiger partial charge in [-0.1, -0.05) is 38.1 Å². The second-order valence-electron chi connectivity index (χ2n) is 4.73. The largest absolute Gasteiger partial charge is 0.462 e. The lowest BCUT2D eigenvalue weighted by atomic mass is 10.0. The topological polar surface area (TPSA) is 78.6 Å². The molecule has 0 heterocycles. The lowest BCUT2D eigenvalue weighted by Crippen LogP contribution is -2.19. The molecule has 0 spiro atoms. The van der Waals surface area contributed by atoms with Crippen LogP contribution in [0.25, 0.3) is 6.08 Å². The molecule has 0 radical (unpaired) electrons. The normalized spacial score (nSPS) is 9.95. The Labute approximate surface area is 131 Å². The maximum atomic E-state index is 12.1. The first-order valence-electron chi connectivity index (χ1n) is 7.47. The molecule has 120 valence electrons. The Kier molecular flexibility index (Phi) is 7.92. The van der Waals surface area contributed by atoms with Crippen LogP contribution in [-0.4, -0.2) is 25.2 Å². The van der Waals surface area contributed by atoms with E-state index in [9.17, 15) is 9.59 Å². The Bertz CT molecular complexity index is 515. The Morgan fingerprint density at radius 2 is 1.59 bits per heavy atom. The molecule has 0 aliphatic carbocycles. The van der Waals surface area contributed by atoms with Crippen molar-refractivity contribution >= 4 is 18.0 Å². The van der Waals surface area contributed by atoms with Gasteiger partial charge in [0.15, 0.2) is 0 Å². The van der Waals surface area contributed by atoms with E-state index in [0.717, 1.165) is 5.56 Å². The van der Waals surface area contributed by atoms with Crippen LogP contribution in [0.15, 0.2) is 29.8 Å². The third-order valence-electron chi connectivity index (χ3n) is 2.89. The van der Waals surface area contributed by atoms with Gasteiger partial charge in [0.1, 0.15) is 5.57 Å². The smallest absolute Gasteiger partial charge is 0.345 e. The minimum Gasteiger partial charge on any atom is -0.462 e. The summed E-state index contributed by atoms with van der Waals surface area (Å²) < 4.78 is 10.1. The van der Waals surface area contributed by atoms with Crippen LogP contribution in [0.3, 0.4) is 0 Å². The monoisotopic (exact) mass is 305 g/mol. The zero-order valence-corrected chi connectivity index (χ0v) is 13.1. The summed E-state index contributed by atoms with van der Waals surface area (Å²) in [7, 11) is 0. The minimum atomic E-state index is -0.672. The van der Waals surface area contributed by atoms with Crippen LogP contribution >= 0.6 is 0 Å². The molecule has 0 unspecified atom stereocenters. The maximum Gasteiger partial charge on any atom is 0.345 e. The second-order valence-corrected chi connectivity index (χ2v) is 4.73. The van der Waals surface area contributed by atoms with E-state index in [1.807, 2.05) is 32.0 Å². The van der Waals surface area contributed by atoms with Gasteiger partial charge in [-0.15, -0.1) is 0 Å². The van der Waals surface area contributed by atoms with Gasteiger partial charge in [-0.3, -0.25) is 0 Å². The number of hydrogen-bond donors (Lipinski definition) is 1. The molecule has 0 saturated heterocycles. The Morgan fingerprint density at radius 1 is 1.05 bits per heavy atom. The molecule has 0 fully saturated rings. The van der Waals surface area contributed by atoms with E-state index < -0.39 is 11.9 Å². The fourth-order valence-corrected chi connectivity index (χ4v) is 1.76. The van der Waals surface area contributed by atoms with E-state index in [4.69, 9.17) is 15.2 Å². The zero-order chi connectivity index (χ0) is 16.4. The standard InChI is InChI=1S/C17H23NO4/c1-3-9-21-16(19)15(17(20)22-10-4-2)11-13-7-5-6-8-14(13)12-18/h5-8,11H,3-4,9-10,12,18H2,1-2H3.